The lowest BCUT2D eigenvalue weighted by Crippen LogP contribution is -2.32. The van der Waals surface area contributed by atoms with Gasteiger partial charge in [-0.25, -0.2) is 0 Å². The normalized spacial score (nSPS) is 15.5. The van der Waals surface area contributed by atoms with Crippen molar-refractivity contribution in [3.63, 3.8) is 0 Å². The largest absolute Gasteiger partial charge is 0.396 e. The molecule has 2 unspecified atom stereocenters. The van der Waals surface area contributed by atoms with E-state index >= 15 is 0 Å². The van der Waals surface area contributed by atoms with Crippen LogP contribution in [0, 0.1) is 6.92 Å². The zero-order valence-electron chi connectivity index (χ0n) is 13.2. The molecule has 110 valence electrons. The maximum absolute atomic E-state index is 9.06. The molecule has 2 atom stereocenters. The summed E-state index contributed by atoms with van der Waals surface area (Å²) in [5.41, 5.74) is 2.33. The van der Waals surface area contributed by atoms with Gasteiger partial charge in [-0.3, -0.25) is 4.68 Å². The van der Waals surface area contributed by atoms with Gasteiger partial charge in [-0.15, -0.1) is 0 Å². The molecule has 1 rings (SSSR count). The lowest BCUT2D eigenvalue weighted by atomic mass is 10.1. The molecule has 0 aliphatic carbocycles. The van der Waals surface area contributed by atoms with Crippen molar-refractivity contribution in [3.05, 3.63) is 17.5 Å². The van der Waals surface area contributed by atoms with Gasteiger partial charge >= 0.3 is 0 Å². The Kier molecular flexibility index (Phi) is 5.56. The summed E-state index contributed by atoms with van der Waals surface area (Å²) in [6.45, 7) is 13.1. The molecule has 1 aromatic rings. The van der Waals surface area contributed by atoms with E-state index in [1.54, 1.807) is 0 Å². The van der Waals surface area contributed by atoms with Crippen molar-refractivity contribution in [2.24, 2.45) is 0 Å². The maximum Gasteiger partial charge on any atom is 0.0641 e. The van der Waals surface area contributed by atoms with Gasteiger partial charge in [0.05, 0.1) is 11.2 Å². The minimum atomic E-state index is 0.0119. The standard InChI is InChI=1S/C15H29N3O/c1-7-13(8-9-19)16-11(2)14-10-18(15(4,5)6)17-12(14)3/h10-11,13,16,19H,7-9H2,1-6H3. The van der Waals surface area contributed by atoms with Crippen LogP contribution in [0.5, 0.6) is 0 Å². The molecular formula is C15H29N3O. The van der Waals surface area contributed by atoms with Crippen LogP contribution in [0.15, 0.2) is 6.20 Å². The van der Waals surface area contributed by atoms with Crippen LogP contribution in [0.3, 0.4) is 0 Å². The predicted molar refractivity (Wildman–Crippen MR) is 79.3 cm³/mol. The van der Waals surface area contributed by atoms with Gasteiger partial charge < -0.3 is 10.4 Å². The SMILES string of the molecule is CCC(CCO)NC(C)c1cn(C(C)(C)C)nc1C. The third-order valence-electron chi connectivity index (χ3n) is 3.55. The highest BCUT2D eigenvalue weighted by atomic mass is 16.3. The molecule has 0 spiro atoms. The van der Waals surface area contributed by atoms with Crippen molar-refractivity contribution in [2.75, 3.05) is 6.61 Å². The minimum Gasteiger partial charge on any atom is -0.396 e. The second kappa shape index (κ2) is 6.53. The Morgan fingerprint density at radius 3 is 2.47 bits per heavy atom. The van der Waals surface area contributed by atoms with Gasteiger partial charge in [0.25, 0.3) is 0 Å². The molecule has 0 aliphatic heterocycles. The van der Waals surface area contributed by atoms with E-state index < -0.39 is 0 Å². The van der Waals surface area contributed by atoms with Crippen LogP contribution in [0.25, 0.3) is 0 Å². The summed E-state index contributed by atoms with van der Waals surface area (Å²) in [6.07, 6.45) is 3.96. The van der Waals surface area contributed by atoms with E-state index in [-0.39, 0.29) is 18.2 Å². The number of hydrogen-bond donors (Lipinski definition) is 2. The second-order valence-corrected chi connectivity index (χ2v) is 6.29. The average molecular weight is 267 g/mol. The number of hydrogen-bond acceptors (Lipinski definition) is 3. The lowest BCUT2D eigenvalue weighted by Gasteiger charge is -2.22. The van der Waals surface area contributed by atoms with Crippen LogP contribution in [0.2, 0.25) is 0 Å². The molecule has 0 aliphatic rings. The Morgan fingerprint density at radius 2 is 2.05 bits per heavy atom. The number of aromatic nitrogens is 2. The molecule has 4 nitrogen and oxygen atoms in total. The van der Waals surface area contributed by atoms with Crippen molar-refractivity contribution in [1.29, 1.82) is 0 Å². The van der Waals surface area contributed by atoms with Crippen molar-refractivity contribution >= 4 is 0 Å². The van der Waals surface area contributed by atoms with Gasteiger partial charge in [0.2, 0.25) is 0 Å². The molecule has 0 radical (unpaired) electrons. The summed E-state index contributed by atoms with van der Waals surface area (Å²) in [6, 6.07) is 0.616. The molecule has 0 saturated heterocycles. The summed E-state index contributed by atoms with van der Waals surface area (Å²) in [5.74, 6) is 0. The van der Waals surface area contributed by atoms with E-state index in [0.29, 0.717) is 6.04 Å². The van der Waals surface area contributed by atoms with Gasteiger partial charge in [-0.2, -0.15) is 5.10 Å². The smallest absolute Gasteiger partial charge is 0.0641 e. The van der Waals surface area contributed by atoms with Crippen LogP contribution < -0.4 is 5.32 Å². The van der Waals surface area contributed by atoms with Gasteiger partial charge in [0, 0.05) is 30.5 Å². The summed E-state index contributed by atoms with van der Waals surface area (Å²) in [4.78, 5) is 0. The Balaban J connectivity index is 2.82. The van der Waals surface area contributed by atoms with Crippen LogP contribution in [-0.2, 0) is 5.54 Å². The van der Waals surface area contributed by atoms with E-state index in [9.17, 15) is 0 Å². The van der Waals surface area contributed by atoms with Crippen LogP contribution in [0.4, 0.5) is 0 Å². The second-order valence-electron chi connectivity index (χ2n) is 6.29. The zero-order valence-corrected chi connectivity index (χ0v) is 13.2. The first-order valence-corrected chi connectivity index (χ1v) is 7.23. The first-order valence-electron chi connectivity index (χ1n) is 7.23. The highest BCUT2D eigenvalue weighted by Crippen LogP contribution is 2.22. The average Bonchev–Trinajstić information content (AvgIpc) is 2.70. The lowest BCUT2D eigenvalue weighted by molar-refractivity contribution is 0.257. The summed E-state index contributed by atoms with van der Waals surface area (Å²) < 4.78 is 2.03. The molecule has 0 amide bonds. The summed E-state index contributed by atoms with van der Waals surface area (Å²) in [5, 5.41) is 17.2. The molecule has 0 aromatic carbocycles. The zero-order chi connectivity index (χ0) is 14.6. The van der Waals surface area contributed by atoms with E-state index in [1.165, 1.54) is 5.56 Å². The predicted octanol–water partition coefficient (Wildman–Crippen LogP) is 2.76. The van der Waals surface area contributed by atoms with Crippen molar-refractivity contribution in [2.45, 2.75) is 72.0 Å². The van der Waals surface area contributed by atoms with Crippen molar-refractivity contribution < 1.29 is 5.11 Å². The molecule has 1 aromatic heterocycles. The third kappa shape index (κ3) is 4.32. The molecule has 2 N–H and O–H groups in total. The highest BCUT2D eigenvalue weighted by molar-refractivity contribution is 5.20. The fourth-order valence-electron chi connectivity index (χ4n) is 2.25. The van der Waals surface area contributed by atoms with E-state index in [0.717, 1.165) is 18.5 Å². The quantitative estimate of drug-likeness (QED) is 0.833. The number of aliphatic hydroxyl groups excluding tert-OH is 1. The monoisotopic (exact) mass is 267 g/mol. The molecule has 0 fully saturated rings. The highest BCUT2D eigenvalue weighted by Gasteiger charge is 2.20. The Bertz CT molecular complexity index is 393. The van der Waals surface area contributed by atoms with Gasteiger partial charge in [0.15, 0.2) is 0 Å². The van der Waals surface area contributed by atoms with E-state index in [4.69, 9.17) is 5.11 Å². The Hall–Kier alpha value is -0.870. The van der Waals surface area contributed by atoms with Crippen LogP contribution in [0.1, 0.15) is 64.8 Å². The Labute approximate surface area is 117 Å². The number of nitrogens with zero attached hydrogens (tertiary/aromatic N) is 2. The number of aryl methyl sites for hydroxylation is 1. The molecule has 1 heterocycles. The van der Waals surface area contributed by atoms with Gasteiger partial charge in [-0.1, -0.05) is 6.92 Å². The molecule has 0 saturated carbocycles. The van der Waals surface area contributed by atoms with Crippen molar-refractivity contribution in [3.8, 4) is 0 Å². The van der Waals surface area contributed by atoms with E-state index in [1.807, 2.05) is 4.68 Å². The molecule has 4 heteroatoms. The first-order chi connectivity index (χ1) is 8.79. The van der Waals surface area contributed by atoms with Crippen LogP contribution >= 0.6 is 0 Å². The fourth-order valence-corrected chi connectivity index (χ4v) is 2.25. The number of rotatable bonds is 6. The minimum absolute atomic E-state index is 0.0119. The third-order valence-corrected chi connectivity index (χ3v) is 3.55. The van der Waals surface area contributed by atoms with E-state index in [2.05, 4.69) is 58.2 Å². The maximum atomic E-state index is 9.06. The number of nitrogens with one attached hydrogen (secondary N) is 1. The summed E-state index contributed by atoms with van der Waals surface area (Å²) in [7, 11) is 0. The van der Waals surface area contributed by atoms with Gasteiger partial charge in [-0.05, 0) is 47.5 Å². The molecule has 0 bridgehead atoms. The van der Waals surface area contributed by atoms with Crippen LogP contribution in [-0.4, -0.2) is 27.5 Å². The van der Waals surface area contributed by atoms with Crippen molar-refractivity contribution in [1.82, 2.24) is 15.1 Å². The molecular weight excluding hydrogens is 238 g/mol. The Morgan fingerprint density at radius 1 is 1.42 bits per heavy atom. The molecule has 19 heavy (non-hydrogen) atoms. The first kappa shape index (κ1) is 16.2. The number of aliphatic hydroxyl groups is 1. The fraction of sp³-hybridized carbons (Fsp3) is 0.800. The topological polar surface area (TPSA) is 50.1 Å². The van der Waals surface area contributed by atoms with Gasteiger partial charge in [0.1, 0.15) is 0 Å². The summed E-state index contributed by atoms with van der Waals surface area (Å²) >= 11 is 0.